The summed E-state index contributed by atoms with van der Waals surface area (Å²) in [6.07, 6.45) is 2.03. The number of carbonyl (C=O) groups is 1. The number of hydrogen-bond donors (Lipinski definition) is 1. The smallest absolute Gasteiger partial charge is 0.245 e. The van der Waals surface area contributed by atoms with Gasteiger partial charge >= 0.3 is 0 Å². The number of rotatable bonds is 4. The number of amides is 1. The van der Waals surface area contributed by atoms with E-state index in [4.69, 9.17) is 4.74 Å². The van der Waals surface area contributed by atoms with Crippen molar-refractivity contribution in [3.05, 3.63) is 59.7 Å². The number of β-lactam (4-membered cyclic amide) rings is 1. The van der Waals surface area contributed by atoms with Crippen LogP contribution in [0.2, 0.25) is 0 Å². The van der Waals surface area contributed by atoms with Gasteiger partial charge in [-0.3, -0.25) is 4.79 Å². The van der Waals surface area contributed by atoms with Crippen LogP contribution in [0.15, 0.2) is 53.6 Å². The summed E-state index contributed by atoms with van der Waals surface area (Å²) in [5.74, 6) is 0.433. The van der Waals surface area contributed by atoms with Crippen LogP contribution in [0.4, 0.5) is 0 Å². The molecule has 2 aromatic carbocycles. The Morgan fingerprint density at radius 2 is 2.05 bits per heavy atom. The minimum absolute atomic E-state index is 0.0113. The largest absolute Gasteiger partial charge is 0.504 e. The van der Waals surface area contributed by atoms with Crippen LogP contribution < -0.4 is 4.74 Å². The lowest BCUT2D eigenvalue weighted by Crippen LogP contribution is -2.42. The standard InChI is InChI=1S/C17H16N2O3/c1-22-16-8-7-12(9-15(16)20)11-18-19-14(10-17(19)21)13-5-3-2-4-6-13/h2-9,11,14,20H,10H2,1H3. The average Bonchev–Trinajstić information content (AvgIpc) is 2.53. The molecule has 1 aliphatic heterocycles. The topological polar surface area (TPSA) is 62.1 Å². The van der Waals surface area contributed by atoms with E-state index in [-0.39, 0.29) is 17.7 Å². The number of methoxy groups -OCH3 is 1. The van der Waals surface area contributed by atoms with E-state index in [0.717, 1.165) is 5.56 Å². The van der Waals surface area contributed by atoms with Crippen molar-refractivity contribution in [3.63, 3.8) is 0 Å². The molecule has 1 amide bonds. The summed E-state index contributed by atoms with van der Waals surface area (Å²) < 4.78 is 4.99. The fraction of sp³-hybridized carbons (Fsp3) is 0.176. The molecule has 0 radical (unpaired) electrons. The fourth-order valence-corrected chi connectivity index (χ4v) is 2.40. The van der Waals surface area contributed by atoms with Gasteiger partial charge in [-0.2, -0.15) is 5.10 Å². The molecule has 5 nitrogen and oxygen atoms in total. The normalized spacial score (nSPS) is 17.6. The first-order valence-corrected chi connectivity index (χ1v) is 6.97. The van der Waals surface area contributed by atoms with E-state index in [0.29, 0.717) is 17.7 Å². The Morgan fingerprint density at radius 3 is 2.68 bits per heavy atom. The third-order valence-electron chi connectivity index (χ3n) is 3.64. The van der Waals surface area contributed by atoms with Crippen molar-refractivity contribution >= 4 is 12.1 Å². The van der Waals surface area contributed by atoms with E-state index in [1.54, 1.807) is 24.4 Å². The van der Waals surface area contributed by atoms with Crippen LogP contribution >= 0.6 is 0 Å². The maximum Gasteiger partial charge on any atom is 0.245 e. The first-order valence-electron chi connectivity index (χ1n) is 6.97. The number of phenolic OH excluding ortho intramolecular Hbond substituents is 1. The van der Waals surface area contributed by atoms with E-state index in [9.17, 15) is 9.90 Å². The van der Waals surface area contributed by atoms with E-state index >= 15 is 0 Å². The highest BCUT2D eigenvalue weighted by atomic mass is 16.5. The molecule has 5 heteroatoms. The molecule has 1 atom stereocenters. The van der Waals surface area contributed by atoms with Crippen molar-refractivity contribution in [2.75, 3.05) is 7.11 Å². The quantitative estimate of drug-likeness (QED) is 0.697. The van der Waals surface area contributed by atoms with Crippen molar-refractivity contribution in [2.45, 2.75) is 12.5 Å². The number of carbonyl (C=O) groups excluding carboxylic acids is 1. The third-order valence-corrected chi connectivity index (χ3v) is 3.64. The molecule has 0 bridgehead atoms. The van der Waals surface area contributed by atoms with Crippen molar-refractivity contribution in [1.29, 1.82) is 0 Å². The van der Waals surface area contributed by atoms with Gasteiger partial charge < -0.3 is 9.84 Å². The Kier molecular flexibility index (Phi) is 3.78. The van der Waals surface area contributed by atoms with Crippen LogP contribution in [0.5, 0.6) is 11.5 Å². The number of benzene rings is 2. The number of aromatic hydroxyl groups is 1. The zero-order valence-electron chi connectivity index (χ0n) is 12.1. The van der Waals surface area contributed by atoms with Crippen LogP contribution in [-0.4, -0.2) is 29.3 Å². The second-order valence-corrected chi connectivity index (χ2v) is 5.04. The van der Waals surface area contributed by atoms with Crippen LogP contribution in [0.3, 0.4) is 0 Å². The third kappa shape index (κ3) is 2.65. The van der Waals surface area contributed by atoms with Crippen molar-refractivity contribution in [2.24, 2.45) is 5.10 Å². The summed E-state index contributed by atoms with van der Waals surface area (Å²) in [7, 11) is 1.49. The van der Waals surface area contributed by atoms with Gasteiger partial charge in [-0.1, -0.05) is 30.3 Å². The number of phenols is 1. The van der Waals surface area contributed by atoms with Crippen LogP contribution in [-0.2, 0) is 4.79 Å². The molecule has 1 heterocycles. The molecule has 0 spiro atoms. The molecule has 1 unspecified atom stereocenters. The summed E-state index contributed by atoms with van der Waals surface area (Å²) >= 11 is 0. The lowest BCUT2D eigenvalue weighted by Gasteiger charge is -2.36. The first-order chi connectivity index (χ1) is 10.7. The molecule has 22 heavy (non-hydrogen) atoms. The molecule has 3 rings (SSSR count). The van der Waals surface area contributed by atoms with Gasteiger partial charge in [0.2, 0.25) is 5.91 Å². The molecule has 2 aromatic rings. The number of hydrogen-bond acceptors (Lipinski definition) is 4. The van der Waals surface area contributed by atoms with Gasteiger partial charge in [-0.25, -0.2) is 5.01 Å². The van der Waals surface area contributed by atoms with Crippen molar-refractivity contribution < 1.29 is 14.6 Å². The highest BCUT2D eigenvalue weighted by Gasteiger charge is 2.37. The summed E-state index contributed by atoms with van der Waals surface area (Å²) in [6.45, 7) is 0. The van der Waals surface area contributed by atoms with Crippen LogP contribution in [0.1, 0.15) is 23.6 Å². The zero-order chi connectivity index (χ0) is 15.5. The Morgan fingerprint density at radius 1 is 1.27 bits per heavy atom. The number of nitrogens with zero attached hydrogens (tertiary/aromatic N) is 2. The first kappa shape index (κ1) is 14.1. The molecular weight excluding hydrogens is 280 g/mol. The summed E-state index contributed by atoms with van der Waals surface area (Å²) in [5.41, 5.74) is 1.77. The van der Waals surface area contributed by atoms with Crippen molar-refractivity contribution in [1.82, 2.24) is 5.01 Å². The SMILES string of the molecule is COc1ccc(C=NN2C(=O)CC2c2ccccc2)cc1O. The van der Waals surface area contributed by atoms with Gasteiger partial charge in [-0.15, -0.1) is 0 Å². The molecule has 0 saturated carbocycles. The Hall–Kier alpha value is -2.82. The van der Waals surface area contributed by atoms with E-state index < -0.39 is 0 Å². The Labute approximate surface area is 128 Å². The highest BCUT2D eigenvalue weighted by Crippen LogP contribution is 2.34. The second-order valence-electron chi connectivity index (χ2n) is 5.04. The van der Waals surface area contributed by atoms with E-state index in [1.807, 2.05) is 30.3 Å². The van der Waals surface area contributed by atoms with Gasteiger partial charge in [0.1, 0.15) is 0 Å². The molecule has 1 N–H and O–H groups in total. The van der Waals surface area contributed by atoms with Gasteiger partial charge in [0, 0.05) is 0 Å². The predicted octanol–water partition coefficient (Wildman–Crippen LogP) is 2.71. The fourth-order valence-electron chi connectivity index (χ4n) is 2.40. The van der Waals surface area contributed by atoms with Crippen LogP contribution in [0, 0.1) is 0 Å². The summed E-state index contributed by atoms with van der Waals surface area (Å²) in [5, 5.41) is 15.5. The highest BCUT2D eigenvalue weighted by molar-refractivity contribution is 5.86. The zero-order valence-corrected chi connectivity index (χ0v) is 12.1. The molecule has 0 aliphatic carbocycles. The number of ether oxygens (including phenoxy) is 1. The molecule has 112 valence electrons. The van der Waals surface area contributed by atoms with Gasteiger partial charge in [0.05, 0.1) is 25.8 Å². The van der Waals surface area contributed by atoms with Gasteiger partial charge in [-0.05, 0) is 29.3 Å². The lowest BCUT2D eigenvalue weighted by atomic mass is 9.96. The average molecular weight is 296 g/mol. The Balaban J connectivity index is 1.76. The summed E-state index contributed by atoms with van der Waals surface area (Å²) in [6, 6.07) is 14.8. The maximum absolute atomic E-state index is 11.7. The molecule has 1 fully saturated rings. The molecule has 1 aliphatic rings. The number of hydrazone groups is 1. The van der Waals surface area contributed by atoms with E-state index in [1.165, 1.54) is 12.1 Å². The molecule has 0 aromatic heterocycles. The predicted molar refractivity (Wildman–Crippen MR) is 82.9 cm³/mol. The maximum atomic E-state index is 11.7. The van der Waals surface area contributed by atoms with Gasteiger partial charge in [0.25, 0.3) is 0 Å². The van der Waals surface area contributed by atoms with Crippen LogP contribution in [0.25, 0.3) is 0 Å². The summed E-state index contributed by atoms with van der Waals surface area (Å²) in [4.78, 5) is 11.7. The lowest BCUT2D eigenvalue weighted by molar-refractivity contribution is -0.146. The second kappa shape index (κ2) is 5.89. The van der Waals surface area contributed by atoms with Gasteiger partial charge in [0.15, 0.2) is 11.5 Å². The van der Waals surface area contributed by atoms with Crippen molar-refractivity contribution in [3.8, 4) is 11.5 Å². The Bertz CT molecular complexity index is 713. The molecular formula is C17H16N2O3. The molecule has 1 saturated heterocycles. The minimum Gasteiger partial charge on any atom is -0.504 e. The van der Waals surface area contributed by atoms with E-state index in [2.05, 4.69) is 5.10 Å². The minimum atomic E-state index is -0.0169. The monoisotopic (exact) mass is 296 g/mol.